The summed E-state index contributed by atoms with van der Waals surface area (Å²) in [6, 6.07) is 2.28. The van der Waals surface area contributed by atoms with Gasteiger partial charge in [-0.15, -0.1) is 0 Å². The molecule has 102 valence electrons. The summed E-state index contributed by atoms with van der Waals surface area (Å²) in [6.07, 6.45) is 0.969. The fourth-order valence-corrected chi connectivity index (χ4v) is 1.83. The molecule has 0 aliphatic heterocycles. The third-order valence-corrected chi connectivity index (χ3v) is 2.56. The highest BCUT2D eigenvalue weighted by Crippen LogP contribution is 2.01. The highest BCUT2D eigenvalue weighted by atomic mass is 16.1. The van der Waals surface area contributed by atoms with Crippen molar-refractivity contribution in [2.45, 2.75) is 46.7 Å². The van der Waals surface area contributed by atoms with E-state index in [1.54, 1.807) is 0 Å². The van der Waals surface area contributed by atoms with Gasteiger partial charge in [0.15, 0.2) is 0 Å². The zero-order chi connectivity index (χ0) is 13.5. The summed E-state index contributed by atoms with van der Waals surface area (Å²) in [5.41, 5.74) is 2.24. The molecule has 1 aromatic heterocycles. The normalized spacial score (nSPS) is 10.9. The van der Waals surface area contributed by atoms with Gasteiger partial charge in [0, 0.05) is 18.3 Å². The van der Waals surface area contributed by atoms with Crippen LogP contribution in [-0.2, 0) is 11.3 Å². The van der Waals surface area contributed by atoms with Crippen molar-refractivity contribution in [1.82, 2.24) is 20.4 Å². The SMILES string of the molecule is Cc1cc(C)n(CCCNCC(=O)NC(C)C)n1. The third-order valence-electron chi connectivity index (χ3n) is 2.56. The Hall–Kier alpha value is -1.36. The predicted molar refractivity (Wildman–Crippen MR) is 72.5 cm³/mol. The van der Waals surface area contributed by atoms with Crippen LogP contribution in [0.1, 0.15) is 31.7 Å². The Morgan fingerprint density at radius 1 is 1.44 bits per heavy atom. The number of nitrogens with one attached hydrogen (secondary N) is 2. The zero-order valence-corrected chi connectivity index (χ0v) is 11.8. The number of nitrogens with zero attached hydrogens (tertiary/aromatic N) is 2. The number of amides is 1. The van der Waals surface area contributed by atoms with Crippen molar-refractivity contribution in [3.05, 3.63) is 17.5 Å². The van der Waals surface area contributed by atoms with E-state index in [4.69, 9.17) is 0 Å². The van der Waals surface area contributed by atoms with Gasteiger partial charge in [0.05, 0.1) is 12.2 Å². The minimum atomic E-state index is 0.0520. The number of aromatic nitrogens is 2. The minimum absolute atomic E-state index is 0.0520. The Balaban J connectivity index is 2.12. The van der Waals surface area contributed by atoms with Gasteiger partial charge in [0.2, 0.25) is 5.91 Å². The standard InChI is InChI=1S/C13H24N4O/c1-10(2)15-13(18)9-14-6-5-7-17-12(4)8-11(3)16-17/h8,10,14H,5-7,9H2,1-4H3,(H,15,18). The summed E-state index contributed by atoms with van der Waals surface area (Å²) >= 11 is 0. The van der Waals surface area contributed by atoms with E-state index in [2.05, 4.69) is 28.7 Å². The smallest absolute Gasteiger partial charge is 0.234 e. The topological polar surface area (TPSA) is 59.0 Å². The average Bonchev–Trinajstić information content (AvgIpc) is 2.56. The quantitative estimate of drug-likeness (QED) is 0.712. The van der Waals surface area contributed by atoms with Gasteiger partial charge in [-0.3, -0.25) is 9.48 Å². The Kier molecular flexibility index (Phi) is 5.85. The number of hydrogen-bond acceptors (Lipinski definition) is 3. The fraction of sp³-hybridized carbons (Fsp3) is 0.692. The maximum atomic E-state index is 11.4. The summed E-state index contributed by atoms with van der Waals surface area (Å²) in [5.74, 6) is 0.0520. The van der Waals surface area contributed by atoms with E-state index in [1.807, 2.05) is 25.5 Å². The second kappa shape index (κ2) is 7.16. The molecule has 0 unspecified atom stereocenters. The highest BCUT2D eigenvalue weighted by Gasteiger charge is 2.03. The van der Waals surface area contributed by atoms with Gasteiger partial charge in [-0.05, 0) is 46.7 Å². The summed E-state index contributed by atoms with van der Waals surface area (Å²) in [4.78, 5) is 11.4. The first kappa shape index (κ1) is 14.7. The van der Waals surface area contributed by atoms with Gasteiger partial charge in [-0.25, -0.2) is 0 Å². The van der Waals surface area contributed by atoms with Crippen LogP contribution in [0.15, 0.2) is 6.07 Å². The van der Waals surface area contributed by atoms with E-state index in [-0.39, 0.29) is 11.9 Å². The molecule has 5 nitrogen and oxygen atoms in total. The van der Waals surface area contributed by atoms with Crippen molar-refractivity contribution in [2.75, 3.05) is 13.1 Å². The molecule has 1 rings (SSSR count). The number of hydrogen-bond donors (Lipinski definition) is 2. The van der Waals surface area contributed by atoms with Crippen molar-refractivity contribution in [1.29, 1.82) is 0 Å². The van der Waals surface area contributed by atoms with Crippen LogP contribution >= 0.6 is 0 Å². The third kappa shape index (κ3) is 5.31. The second-order valence-electron chi connectivity index (χ2n) is 4.90. The molecule has 5 heteroatoms. The first-order chi connectivity index (χ1) is 8.49. The van der Waals surface area contributed by atoms with Crippen molar-refractivity contribution >= 4 is 5.91 Å². The van der Waals surface area contributed by atoms with Crippen LogP contribution in [0.2, 0.25) is 0 Å². The number of carbonyl (C=O) groups is 1. The molecule has 0 aromatic carbocycles. The monoisotopic (exact) mass is 252 g/mol. The Morgan fingerprint density at radius 2 is 2.17 bits per heavy atom. The van der Waals surface area contributed by atoms with E-state index in [0.29, 0.717) is 6.54 Å². The van der Waals surface area contributed by atoms with E-state index in [9.17, 15) is 4.79 Å². The lowest BCUT2D eigenvalue weighted by molar-refractivity contribution is -0.120. The molecule has 0 saturated heterocycles. The summed E-state index contributed by atoms with van der Waals surface area (Å²) < 4.78 is 2.01. The Labute approximate surface area is 109 Å². The number of carbonyl (C=O) groups excluding carboxylic acids is 1. The molecular formula is C13H24N4O. The number of rotatable bonds is 7. The molecule has 0 bridgehead atoms. The molecule has 0 aliphatic rings. The minimum Gasteiger partial charge on any atom is -0.353 e. The molecule has 1 heterocycles. The molecular weight excluding hydrogens is 228 g/mol. The molecule has 18 heavy (non-hydrogen) atoms. The van der Waals surface area contributed by atoms with Gasteiger partial charge in [0.1, 0.15) is 0 Å². The zero-order valence-electron chi connectivity index (χ0n) is 11.8. The fourth-order valence-electron chi connectivity index (χ4n) is 1.83. The lowest BCUT2D eigenvalue weighted by atomic mass is 10.3. The molecule has 0 saturated carbocycles. The Morgan fingerprint density at radius 3 is 2.72 bits per heavy atom. The van der Waals surface area contributed by atoms with Crippen LogP contribution in [0.25, 0.3) is 0 Å². The molecule has 0 fully saturated rings. The molecule has 2 N–H and O–H groups in total. The van der Waals surface area contributed by atoms with E-state index in [0.717, 1.165) is 25.2 Å². The van der Waals surface area contributed by atoms with E-state index in [1.165, 1.54) is 5.69 Å². The van der Waals surface area contributed by atoms with Crippen LogP contribution in [0.4, 0.5) is 0 Å². The lowest BCUT2D eigenvalue weighted by Crippen LogP contribution is -2.38. The first-order valence-electron chi connectivity index (χ1n) is 6.50. The molecule has 0 aliphatic carbocycles. The van der Waals surface area contributed by atoms with Crippen LogP contribution in [0.3, 0.4) is 0 Å². The van der Waals surface area contributed by atoms with Crippen LogP contribution in [0.5, 0.6) is 0 Å². The van der Waals surface area contributed by atoms with E-state index < -0.39 is 0 Å². The van der Waals surface area contributed by atoms with Crippen molar-refractivity contribution in [2.24, 2.45) is 0 Å². The molecule has 1 amide bonds. The number of aryl methyl sites for hydroxylation is 3. The van der Waals surface area contributed by atoms with Crippen LogP contribution in [0, 0.1) is 13.8 Å². The molecule has 1 aromatic rings. The van der Waals surface area contributed by atoms with Crippen molar-refractivity contribution in [3.8, 4) is 0 Å². The largest absolute Gasteiger partial charge is 0.353 e. The lowest BCUT2D eigenvalue weighted by Gasteiger charge is -2.09. The first-order valence-corrected chi connectivity index (χ1v) is 6.50. The van der Waals surface area contributed by atoms with Crippen molar-refractivity contribution < 1.29 is 4.79 Å². The van der Waals surface area contributed by atoms with E-state index >= 15 is 0 Å². The van der Waals surface area contributed by atoms with Gasteiger partial charge in [-0.2, -0.15) is 5.10 Å². The van der Waals surface area contributed by atoms with Crippen LogP contribution < -0.4 is 10.6 Å². The van der Waals surface area contributed by atoms with Crippen LogP contribution in [-0.4, -0.2) is 34.8 Å². The molecule has 0 atom stereocenters. The maximum Gasteiger partial charge on any atom is 0.234 e. The van der Waals surface area contributed by atoms with Gasteiger partial charge < -0.3 is 10.6 Å². The average molecular weight is 252 g/mol. The Bertz CT molecular complexity index is 384. The highest BCUT2D eigenvalue weighted by molar-refractivity contribution is 5.78. The summed E-state index contributed by atoms with van der Waals surface area (Å²) in [7, 11) is 0. The molecule has 0 spiro atoms. The maximum absolute atomic E-state index is 11.4. The van der Waals surface area contributed by atoms with Crippen molar-refractivity contribution in [3.63, 3.8) is 0 Å². The second-order valence-corrected chi connectivity index (χ2v) is 4.90. The van der Waals surface area contributed by atoms with Gasteiger partial charge in [0.25, 0.3) is 0 Å². The predicted octanol–water partition coefficient (Wildman–Crippen LogP) is 1.00. The summed E-state index contributed by atoms with van der Waals surface area (Å²) in [5, 5.41) is 10.4. The van der Waals surface area contributed by atoms with Gasteiger partial charge >= 0.3 is 0 Å². The van der Waals surface area contributed by atoms with Gasteiger partial charge in [-0.1, -0.05) is 0 Å². The molecule has 0 radical (unpaired) electrons. The summed E-state index contributed by atoms with van der Waals surface area (Å²) in [6.45, 7) is 10.1.